The molecule has 0 saturated heterocycles. The van der Waals surface area contributed by atoms with Crippen LogP contribution in [-0.4, -0.2) is 31.6 Å². The van der Waals surface area contributed by atoms with Crippen molar-refractivity contribution < 1.29 is 14.3 Å². The van der Waals surface area contributed by atoms with Gasteiger partial charge in [-0.05, 0) is 53.8 Å². The Bertz CT molecular complexity index is 852. The SMILES string of the molecule is CCCC(C)C(=O)N1CCc2cc(OC)c(OC)cc2C1c1cccc(Cl)c1. The first kappa shape index (κ1) is 20.5. The maximum absolute atomic E-state index is 13.3. The van der Waals surface area contributed by atoms with Crippen LogP contribution in [0.4, 0.5) is 0 Å². The fourth-order valence-corrected chi connectivity index (χ4v) is 4.26. The normalized spacial score (nSPS) is 17.0. The smallest absolute Gasteiger partial charge is 0.226 e. The lowest BCUT2D eigenvalue weighted by Crippen LogP contribution is -2.43. The molecular formula is C23H28ClNO3. The van der Waals surface area contributed by atoms with Gasteiger partial charge in [0.2, 0.25) is 5.91 Å². The van der Waals surface area contributed by atoms with Crippen molar-refractivity contribution in [2.24, 2.45) is 5.92 Å². The summed E-state index contributed by atoms with van der Waals surface area (Å²) in [6, 6.07) is 11.6. The van der Waals surface area contributed by atoms with Crippen molar-refractivity contribution >= 4 is 17.5 Å². The minimum absolute atomic E-state index is 0.00613. The van der Waals surface area contributed by atoms with Crippen LogP contribution < -0.4 is 9.47 Å². The Balaban J connectivity index is 2.13. The second-order valence-electron chi connectivity index (χ2n) is 7.33. The van der Waals surface area contributed by atoms with Gasteiger partial charge in [0.25, 0.3) is 0 Å². The van der Waals surface area contributed by atoms with Crippen LogP contribution in [0.5, 0.6) is 11.5 Å². The Kier molecular flexibility index (Phi) is 6.50. The zero-order chi connectivity index (χ0) is 20.3. The topological polar surface area (TPSA) is 38.8 Å². The monoisotopic (exact) mass is 401 g/mol. The molecule has 5 heteroatoms. The van der Waals surface area contributed by atoms with Gasteiger partial charge < -0.3 is 14.4 Å². The zero-order valence-corrected chi connectivity index (χ0v) is 17.8. The number of hydrogen-bond acceptors (Lipinski definition) is 3. The molecule has 1 heterocycles. The van der Waals surface area contributed by atoms with E-state index in [9.17, 15) is 4.79 Å². The molecule has 2 unspecified atom stereocenters. The third-order valence-corrected chi connectivity index (χ3v) is 5.70. The van der Waals surface area contributed by atoms with Gasteiger partial charge in [-0.3, -0.25) is 4.79 Å². The van der Waals surface area contributed by atoms with Crippen molar-refractivity contribution in [2.75, 3.05) is 20.8 Å². The lowest BCUT2D eigenvalue weighted by molar-refractivity contribution is -0.137. The van der Waals surface area contributed by atoms with E-state index in [1.165, 1.54) is 5.56 Å². The molecule has 4 nitrogen and oxygen atoms in total. The number of carbonyl (C=O) groups excluding carboxylic acids is 1. The molecular weight excluding hydrogens is 374 g/mol. The molecule has 2 atom stereocenters. The molecule has 150 valence electrons. The van der Waals surface area contributed by atoms with E-state index in [1.807, 2.05) is 48.2 Å². The molecule has 2 aromatic carbocycles. The molecule has 1 aliphatic heterocycles. The van der Waals surface area contributed by atoms with E-state index in [0.717, 1.165) is 30.4 Å². The molecule has 0 aliphatic carbocycles. The van der Waals surface area contributed by atoms with Crippen LogP contribution in [-0.2, 0) is 11.2 Å². The van der Waals surface area contributed by atoms with E-state index in [0.29, 0.717) is 23.1 Å². The first-order valence-electron chi connectivity index (χ1n) is 9.80. The number of rotatable bonds is 6. The van der Waals surface area contributed by atoms with Gasteiger partial charge in [-0.15, -0.1) is 0 Å². The van der Waals surface area contributed by atoms with E-state index in [4.69, 9.17) is 21.1 Å². The third-order valence-electron chi connectivity index (χ3n) is 5.46. The standard InChI is InChI=1S/C23H28ClNO3/c1-5-7-15(2)23(26)25-11-10-16-13-20(27-3)21(28-4)14-19(16)22(25)17-8-6-9-18(24)12-17/h6,8-9,12-15,22H,5,7,10-11H2,1-4H3. The van der Waals surface area contributed by atoms with Crippen molar-refractivity contribution in [2.45, 2.75) is 39.2 Å². The first-order chi connectivity index (χ1) is 13.5. The fraction of sp³-hybridized carbons (Fsp3) is 0.435. The highest BCUT2D eigenvalue weighted by Gasteiger charge is 2.34. The van der Waals surface area contributed by atoms with E-state index in [1.54, 1.807) is 14.2 Å². The molecule has 0 radical (unpaired) electrons. The van der Waals surface area contributed by atoms with Crippen LogP contribution >= 0.6 is 11.6 Å². The van der Waals surface area contributed by atoms with Crippen LogP contribution in [0.3, 0.4) is 0 Å². The summed E-state index contributed by atoms with van der Waals surface area (Å²) in [5, 5.41) is 0.666. The Morgan fingerprint density at radius 2 is 1.93 bits per heavy atom. The predicted octanol–water partition coefficient (Wildman–Crippen LogP) is 5.27. The molecule has 1 aliphatic rings. The minimum Gasteiger partial charge on any atom is -0.493 e. The fourth-order valence-electron chi connectivity index (χ4n) is 4.06. The highest BCUT2D eigenvalue weighted by Crippen LogP contribution is 2.42. The third kappa shape index (κ3) is 3.97. The number of nitrogens with zero attached hydrogens (tertiary/aromatic N) is 1. The molecule has 0 spiro atoms. The van der Waals surface area contributed by atoms with Crippen LogP contribution in [0.1, 0.15) is 49.4 Å². The Hall–Kier alpha value is -2.20. The average Bonchev–Trinajstić information content (AvgIpc) is 2.71. The summed E-state index contributed by atoms with van der Waals surface area (Å²) < 4.78 is 11.0. The quantitative estimate of drug-likeness (QED) is 0.662. The predicted molar refractivity (Wildman–Crippen MR) is 112 cm³/mol. The van der Waals surface area contributed by atoms with Gasteiger partial charge in [0, 0.05) is 17.5 Å². The number of fused-ring (bicyclic) bond motifs is 1. The minimum atomic E-state index is -0.186. The lowest BCUT2D eigenvalue weighted by atomic mass is 9.86. The molecule has 0 aromatic heterocycles. The van der Waals surface area contributed by atoms with E-state index < -0.39 is 0 Å². The summed E-state index contributed by atoms with van der Waals surface area (Å²) in [5.74, 6) is 1.56. The molecule has 0 fully saturated rings. The first-order valence-corrected chi connectivity index (χ1v) is 10.2. The number of benzene rings is 2. The molecule has 0 bridgehead atoms. The van der Waals surface area contributed by atoms with Crippen molar-refractivity contribution in [1.82, 2.24) is 4.90 Å². The van der Waals surface area contributed by atoms with E-state index >= 15 is 0 Å². The van der Waals surface area contributed by atoms with Crippen molar-refractivity contribution in [3.8, 4) is 11.5 Å². The molecule has 0 N–H and O–H groups in total. The van der Waals surface area contributed by atoms with Gasteiger partial charge in [0.15, 0.2) is 11.5 Å². The van der Waals surface area contributed by atoms with Crippen LogP contribution in [0.2, 0.25) is 5.02 Å². The molecule has 2 aromatic rings. The summed E-state index contributed by atoms with van der Waals surface area (Å²) in [4.78, 5) is 15.3. The van der Waals surface area contributed by atoms with E-state index in [-0.39, 0.29) is 17.9 Å². The lowest BCUT2D eigenvalue weighted by Gasteiger charge is -2.39. The number of hydrogen-bond donors (Lipinski definition) is 0. The zero-order valence-electron chi connectivity index (χ0n) is 17.0. The van der Waals surface area contributed by atoms with Gasteiger partial charge >= 0.3 is 0 Å². The van der Waals surface area contributed by atoms with Crippen molar-refractivity contribution in [1.29, 1.82) is 0 Å². The van der Waals surface area contributed by atoms with Crippen LogP contribution in [0, 0.1) is 5.92 Å². The number of methoxy groups -OCH3 is 2. The second-order valence-corrected chi connectivity index (χ2v) is 7.77. The highest BCUT2D eigenvalue weighted by molar-refractivity contribution is 6.30. The van der Waals surface area contributed by atoms with Crippen molar-refractivity contribution in [3.05, 3.63) is 58.1 Å². The summed E-state index contributed by atoms with van der Waals surface area (Å²) in [6.07, 6.45) is 2.66. The maximum atomic E-state index is 13.3. The molecule has 3 rings (SSSR count). The van der Waals surface area contributed by atoms with E-state index in [2.05, 4.69) is 6.92 Å². The number of carbonyl (C=O) groups is 1. The average molecular weight is 402 g/mol. The maximum Gasteiger partial charge on any atom is 0.226 e. The number of halogens is 1. The molecule has 1 amide bonds. The van der Waals surface area contributed by atoms with Crippen LogP contribution in [0.15, 0.2) is 36.4 Å². The van der Waals surface area contributed by atoms with Crippen LogP contribution in [0.25, 0.3) is 0 Å². The Morgan fingerprint density at radius 3 is 2.57 bits per heavy atom. The van der Waals surface area contributed by atoms with Gasteiger partial charge in [0.1, 0.15) is 0 Å². The van der Waals surface area contributed by atoms with Gasteiger partial charge in [-0.25, -0.2) is 0 Å². The summed E-state index contributed by atoms with van der Waals surface area (Å²) in [5.41, 5.74) is 3.26. The highest BCUT2D eigenvalue weighted by atomic mass is 35.5. The van der Waals surface area contributed by atoms with Gasteiger partial charge in [-0.2, -0.15) is 0 Å². The largest absolute Gasteiger partial charge is 0.493 e. The summed E-state index contributed by atoms with van der Waals surface area (Å²) in [7, 11) is 3.28. The summed E-state index contributed by atoms with van der Waals surface area (Å²) in [6.45, 7) is 4.80. The van der Waals surface area contributed by atoms with Gasteiger partial charge in [-0.1, -0.05) is 44.0 Å². The Morgan fingerprint density at radius 1 is 1.21 bits per heavy atom. The molecule has 28 heavy (non-hydrogen) atoms. The Labute approximate surface area is 172 Å². The summed E-state index contributed by atoms with van der Waals surface area (Å²) >= 11 is 6.29. The number of amides is 1. The number of ether oxygens (including phenoxy) is 2. The molecule has 0 saturated carbocycles. The van der Waals surface area contributed by atoms with Gasteiger partial charge in [0.05, 0.1) is 20.3 Å². The second kappa shape index (κ2) is 8.87. The van der Waals surface area contributed by atoms with Crippen molar-refractivity contribution in [3.63, 3.8) is 0 Å².